The molecule has 0 fully saturated rings. The molecule has 3 rings (SSSR count). The molecule has 0 aliphatic rings. The Hall–Kier alpha value is -3.98. The average molecular weight is 387 g/mol. The van der Waals surface area contributed by atoms with Crippen LogP contribution in [0.3, 0.4) is 0 Å². The highest BCUT2D eigenvalue weighted by Gasteiger charge is 2.15. The molecule has 3 aromatic rings. The molecule has 6 nitrogen and oxygen atoms in total. The molecule has 2 N–H and O–H groups in total. The standard InChI is InChI=1S/C23H21N3O3/c1-15-12-17(16(2)26(15)19-8-10-20(29-3)11-9-19)13-18(14-24)23(28)25-21-6-4-5-7-22(21)27/h4-13,27H,1-3H3,(H,25,28). The number of amides is 1. The lowest BCUT2D eigenvalue weighted by molar-refractivity contribution is -0.112. The van der Waals surface area contributed by atoms with Gasteiger partial charge in [0, 0.05) is 17.1 Å². The summed E-state index contributed by atoms with van der Waals surface area (Å²) in [6.07, 6.45) is 1.55. The summed E-state index contributed by atoms with van der Waals surface area (Å²) in [5.41, 5.74) is 3.79. The molecule has 0 unspecified atom stereocenters. The first kappa shape index (κ1) is 19.8. The van der Waals surface area contributed by atoms with Gasteiger partial charge < -0.3 is 19.7 Å². The summed E-state index contributed by atoms with van der Waals surface area (Å²) in [4.78, 5) is 12.5. The normalized spacial score (nSPS) is 11.0. The monoisotopic (exact) mass is 387 g/mol. The molecule has 2 aromatic carbocycles. The van der Waals surface area contributed by atoms with E-state index in [-0.39, 0.29) is 17.0 Å². The molecule has 0 atom stereocenters. The first-order valence-electron chi connectivity index (χ1n) is 8.99. The number of ether oxygens (including phenoxy) is 1. The number of aryl methyl sites for hydroxylation is 1. The molecular weight excluding hydrogens is 366 g/mol. The maximum atomic E-state index is 12.5. The van der Waals surface area contributed by atoms with Gasteiger partial charge in [-0.25, -0.2) is 0 Å². The van der Waals surface area contributed by atoms with E-state index in [1.54, 1.807) is 31.4 Å². The van der Waals surface area contributed by atoms with Crippen molar-refractivity contribution in [3.05, 3.63) is 77.1 Å². The minimum Gasteiger partial charge on any atom is -0.506 e. The van der Waals surface area contributed by atoms with Gasteiger partial charge in [0.15, 0.2) is 0 Å². The Bertz CT molecular complexity index is 1120. The number of carbonyl (C=O) groups excluding carboxylic acids is 1. The number of rotatable bonds is 5. The number of carbonyl (C=O) groups is 1. The first-order chi connectivity index (χ1) is 13.9. The van der Waals surface area contributed by atoms with Gasteiger partial charge in [0.1, 0.15) is 23.1 Å². The van der Waals surface area contributed by atoms with Crippen molar-refractivity contribution in [3.63, 3.8) is 0 Å². The number of para-hydroxylation sites is 2. The van der Waals surface area contributed by atoms with Crippen LogP contribution >= 0.6 is 0 Å². The van der Waals surface area contributed by atoms with Gasteiger partial charge in [0.05, 0.1) is 12.8 Å². The van der Waals surface area contributed by atoms with Crippen LogP contribution in [-0.4, -0.2) is 22.7 Å². The Morgan fingerprint density at radius 3 is 2.48 bits per heavy atom. The number of anilines is 1. The summed E-state index contributed by atoms with van der Waals surface area (Å²) >= 11 is 0. The van der Waals surface area contributed by atoms with Gasteiger partial charge in [0.25, 0.3) is 5.91 Å². The van der Waals surface area contributed by atoms with Gasteiger partial charge in [0.2, 0.25) is 0 Å². The first-order valence-corrected chi connectivity index (χ1v) is 8.99. The fourth-order valence-electron chi connectivity index (χ4n) is 3.14. The van der Waals surface area contributed by atoms with E-state index in [0.29, 0.717) is 0 Å². The molecule has 0 saturated carbocycles. The third-order valence-electron chi connectivity index (χ3n) is 4.62. The van der Waals surface area contributed by atoms with Crippen molar-refractivity contribution in [3.8, 4) is 23.3 Å². The molecule has 1 heterocycles. The van der Waals surface area contributed by atoms with E-state index in [9.17, 15) is 15.2 Å². The van der Waals surface area contributed by atoms with Crippen LogP contribution in [0.25, 0.3) is 11.8 Å². The molecular formula is C23H21N3O3. The molecule has 146 valence electrons. The number of nitrogens with zero attached hydrogens (tertiary/aromatic N) is 2. The maximum Gasteiger partial charge on any atom is 0.266 e. The zero-order valence-corrected chi connectivity index (χ0v) is 16.4. The molecule has 0 spiro atoms. The van der Waals surface area contributed by atoms with E-state index >= 15 is 0 Å². The van der Waals surface area contributed by atoms with E-state index in [4.69, 9.17) is 4.74 Å². The van der Waals surface area contributed by atoms with E-state index in [0.717, 1.165) is 28.4 Å². The summed E-state index contributed by atoms with van der Waals surface area (Å²) in [5.74, 6) is 0.128. The third-order valence-corrected chi connectivity index (χ3v) is 4.62. The van der Waals surface area contributed by atoms with Crippen LogP contribution < -0.4 is 10.1 Å². The molecule has 1 aromatic heterocycles. The largest absolute Gasteiger partial charge is 0.506 e. The second kappa shape index (κ2) is 8.36. The summed E-state index contributed by atoms with van der Waals surface area (Å²) < 4.78 is 7.25. The van der Waals surface area contributed by atoms with Crippen molar-refractivity contribution in [1.82, 2.24) is 4.57 Å². The Kier molecular flexibility index (Phi) is 5.70. The summed E-state index contributed by atoms with van der Waals surface area (Å²) in [6, 6.07) is 17.9. The van der Waals surface area contributed by atoms with Crippen molar-refractivity contribution in [2.45, 2.75) is 13.8 Å². The molecule has 0 aliphatic carbocycles. The Balaban J connectivity index is 1.93. The van der Waals surface area contributed by atoms with Gasteiger partial charge in [-0.1, -0.05) is 12.1 Å². The zero-order chi connectivity index (χ0) is 21.0. The summed E-state index contributed by atoms with van der Waals surface area (Å²) in [6.45, 7) is 3.89. The van der Waals surface area contributed by atoms with Gasteiger partial charge in [-0.15, -0.1) is 0 Å². The van der Waals surface area contributed by atoms with Crippen molar-refractivity contribution in [2.75, 3.05) is 12.4 Å². The Morgan fingerprint density at radius 1 is 1.17 bits per heavy atom. The highest BCUT2D eigenvalue weighted by atomic mass is 16.5. The number of benzene rings is 2. The number of nitriles is 1. The van der Waals surface area contributed by atoms with Crippen molar-refractivity contribution in [1.29, 1.82) is 5.26 Å². The Morgan fingerprint density at radius 2 is 1.86 bits per heavy atom. The number of aromatic nitrogens is 1. The van der Waals surface area contributed by atoms with Crippen molar-refractivity contribution in [2.24, 2.45) is 0 Å². The van der Waals surface area contributed by atoms with Crippen molar-refractivity contribution < 1.29 is 14.6 Å². The van der Waals surface area contributed by atoms with Crippen LogP contribution in [0.4, 0.5) is 5.69 Å². The molecule has 0 radical (unpaired) electrons. The van der Waals surface area contributed by atoms with E-state index in [2.05, 4.69) is 5.32 Å². The maximum absolute atomic E-state index is 12.5. The van der Waals surface area contributed by atoms with Gasteiger partial charge >= 0.3 is 0 Å². The lowest BCUT2D eigenvalue weighted by Gasteiger charge is -2.10. The highest BCUT2D eigenvalue weighted by molar-refractivity contribution is 6.10. The van der Waals surface area contributed by atoms with E-state index < -0.39 is 5.91 Å². The number of hydrogen-bond acceptors (Lipinski definition) is 4. The second-order valence-corrected chi connectivity index (χ2v) is 6.50. The van der Waals surface area contributed by atoms with E-state index in [1.165, 1.54) is 6.07 Å². The predicted molar refractivity (Wildman–Crippen MR) is 112 cm³/mol. The fraction of sp³-hybridized carbons (Fsp3) is 0.130. The number of nitrogens with one attached hydrogen (secondary N) is 1. The lowest BCUT2D eigenvalue weighted by Crippen LogP contribution is -2.13. The predicted octanol–water partition coefficient (Wildman–Crippen LogP) is 4.35. The smallest absolute Gasteiger partial charge is 0.266 e. The van der Waals surface area contributed by atoms with Gasteiger partial charge in [-0.3, -0.25) is 4.79 Å². The summed E-state index contributed by atoms with van der Waals surface area (Å²) in [7, 11) is 1.62. The molecule has 0 aliphatic heterocycles. The van der Waals surface area contributed by atoms with Crippen LogP contribution in [0.1, 0.15) is 17.0 Å². The topological polar surface area (TPSA) is 87.3 Å². The number of phenolic OH excluding ortho intramolecular Hbond substituents is 1. The number of hydrogen-bond donors (Lipinski definition) is 2. The third kappa shape index (κ3) is 4.14. The van der Waals surface area contributed by atoms with Crippen LogP contribution in [0.5, 0.6) is 11.5 Å². The zero-order valence-electron chi connectivity index (χ0n) is 16.4. The highest BCUT2D eigenvalue weighted by Crippen LogP contribution is 2.25. The van der Waals surface area contributed by atoms with Crippen LogP contribution in [0, 0.1) is 25.2 Å². The molecule has 29 heavy (non-hydrogen) atoms. The van der Waals surface area contributed by atoms with Crippen LogP contribution in [-0.2, 0) is 4.79 Å². The lowest BCUT2D eigenvalue weighted by atomic mass is 10.1. The minimum absolute atomic E-state index is 0.0526. The number of methoxy groups -OCH3 is 1. The summed E-state index contributed by atoms with van der Waals surface area (Å²) in [5, 5.41) is 21.9. The second-order valence-electron chi connectivity index (χ2n) is 6.50. The molecule has 0 bridgehead atoms. The number of phenols is 1. The van der Waals surface area contributed by atoms with Crippen LogP contribution in [0.15, 0.2) is 60.2 Å². The number of aromatic hydroxyl groups is 1. The SMILES string of the molecule is COc1ccc(-n2c(C)cc(C=C(C#N)C(=O)Nc3ccccc3O)c2C)cc1. The average Bonchev–Trinajstić information content (AvgIpc) is 3.00. The van der Waals surface area contributed by atoms with Gasteiger partial charge in [-0.05, 0) is 68.0 Å². The quantitative estimate of drug-likeness (QED) is 0.387. The fourth-order valence-corrected chi connectivity index (χ4v) is 3.14. The molecule has 1 amide bonds. The minimum atomic E-state index is -0.580. The van der Waals surface area contributed by atoms with Gasteiger partial charge in [-0.2, -0.15) is 5.26 Å². The van der Waals surface area contributed by atoms with Crippen LogP contribution in [0.2, 0.25) is 0 Å². The molecule has 6 heteroatoms. The Labute approximate surface area is 169 Å². The molecule has 0 saturated heterocycles. The van der Waals surface area contributed by atoms with E-state index in [1.807, 2.05) is 54.8 Å². The van der Waals surface area contributed by atoms with Crippen molar-refractivity contribution >= 4 is 17.7 Å².